The molecule has 0 rings (SSSR count). The van der Waals surface area contributed by atoms with Gasteiger partial charge in [-0.15, -0.1) is 0 Å². The minimum Gasteiger partial charge on any atom is -0.313 e. The van der Waals surface area contributed by atoms with Crippen molar-refractivity contribution in [1.29, 1.82) is 0 Å². The summed E-state index contributed by atoms with van der Waals surface area (Å²) in [5, 5.41) is 3.42. The van der Waals surface area contributed by atoms with E-state index < -0.39 is 0 Å². The van der Waals surface area contributed by atoms with Crippen LogP contribution in [-0.2, 0) is 0 Å². The highest BCUT2D eigenvalue weighted by atomic mass is 15.1. The van der Waals surface area contributed by atoms with Crippen molar-refractivity contribution in [2.24, 2.45) is 0 Å². The maximum Gasteiger partial charge on any atom is 0.0205 e. The fourth-order valence-corrected chi connectivity index (χ4v) is 1.87. The third-order valence-electron chi connectivity index (χ3n) is 3.01. The van der Waals surface area contributed by atoms with Crippen molar-refractivity contribution in [3.63, 3.8) is 0 Å². The smallest absolute Gasteiger partial charge is 0.0205 e. The normalized spacial score (nSPS) is 11.4. The zero-order valence-electron chi connectivity index (χ0n) is 12.4. The largest absolute Gasteiger partial charge is 0.313 e. The summed E-state index contributed by atoms with van der Waals surface area (Å²) >= 11 is 0. The molecule has 0 aliphatic rings. The quantitative estimate of drug-likeness (QED) is 0.439. The Hall–Kier alpha value is -0.340. The molecule has 0 saturated carbocycles. The van der Waals surface area contributed by atoms with Crippen LogP contribution in [0.25, 0.3) is 0 Å². The van der Waals surface area contributed by atoms with E-state index in [9.17, 15) is 0 Å². The Balaban J connectivity index is 3.85. The molecule has 0 bridgehead atoms. The lowest BCUT2D eigenvalue weighted by Crippen LogP contribution is -2.35. The summed E-state index contributed by atoms with van der Waals surface area (Å²) in [5.74, 6) is 0. The number of hydrogen-bond donors (Lipinski definition) is 1. The summed E-state index contributed by atoms with van der Waals surface area (Å²) in [6.07, 6.45) is 5.14. The van der Waals surface area contributed by atoms with Gasteiger partial charge in [0.2, 0.25) is 0 Å². The summed E-state index contributed by atoms with van der Waals surface area (Å²) < 4.78 is 0. The molecule has 0 saturated heterocycles. The lowest BCUT2D eigenvalue weighted by atomic mass is 10.2. The minimum absolute atomic E-state index is 0.620. The predicted molar refractivity (Wildman–Crippen MR) is 78.5 cm³/mol. The second-order valence-electron chi connectivity index (χ2n) is 5.20. The first-order chi connectivity index (χ1) is 8.11. The van der Waals surface area contributed by atoms with Crippen molar-refractivity contribution in [2.45, 2.75) is 59.4 Å². The van der Waals surface area contributed by atoms with Crippen molar-refractivity contribution in [2.75, 3.05) is 26.2 Å². The molecule has 0 aromatic carbocycles. The molecule has 0 radical (unpaired) electrons. The average Bonchev–Trinajstić information content (AvgIpc) is 2.28. The molecule has 1 N–H and O–H groups in total. The van der Waals surface area contributed by atoms with Crippen LogP contribution >= 0.6 is 0 Å². The molecule has 17 heavy (non-hydrogen) atoms. The van der Waals surface area contributed by atoms with Gasteiger partial charge in [-0.2, -0.15) is 0 Å². The molecular formula is C15H32N2. The Labute approximate surface area is 108 Å². The van der Waals surface area contributed by atoms with Crippen molar-refractivity contribution in [1.82, 2.24) is 10.2 Å². The van der Waals surface area contributed by atoms with Crippen molar-refractivity contribution < 1.29 is 0 Å². The van der Waals surface area contributed by atoms with Gasteiger partial charge < -0.3 is 5.32 Å². The summed E-state index contributed by atoms with van der Waals surface area (Å²) in [4.78, 5) is 2.53. The Bertz CT molecular complexity index is 187. The molecule has 102 valence electrons. The average molecular weight is 240 g/mol. The zero-order chi connectivity index (χ0) is 13.1. The predicted octanol–water partition coefficient (Wildman–Crippen LogP) is 3.44. The number of unbranched alkanes of at least 4 members (excludes halogenated alkanes) is 2. The second kappa shape index (κ2) is 10.8. The van der Waals surface area contributed by atoms with E-state index in [0.717, 1.165) is 19.6 Å². The lowest BCUT2D eigenvalue weighted by Gasteiger charge is -2.27. The monoisotopic (exact) mass is 240 g/mol. The Morgan fingerprint density at radius 1 is 1.18 bits per heavy atom. The van der Waals surface area contributed by atoms with Crippen molar-refractivity contribution in [3.8, 4) is 0 Å². The Morgan fingerprint density at radius 3 is 2.41 bits per heavy atom. The van der Waals surface area contributed by atoms with Crippen LogP contribution in [0, 0.1) is 0 Å². The third kappa shape index (κ3) is 9.37. The summed E-state index contributed by atoms with van der Waals surface area (Å²) in [6, 6.07) is 0.620. The molecular weight excluding hydrogens is 208 g/mol. The fourth-order valence-electron chi connectivity index (χ4n) is 1.87. The third-order valence-corrected chi connectivity index (χ3v) is 3.01. The van der Waals surface area contributed by atoms with Gasteiger partial charge >= 0.3 is 0 Å². The fraction of sp³-hybridized carbons (Fsp3) is 0.867. The van der Waals surface area contributed by atoms with E-state index in [-0.39, 0.29) is 0 Å². The van der Waals surface area contributed by atoms with E-state index >= 15 is 0 Å². The molecule has 0 aliphatic carbocycles. The summed E-state index contributed by atoms with van der Waals surface area (Å²) in [5.41, 5.74) is 1.31. The van der Waals surface area contributed by atoms with Crippen LogP contribution < -0.4 is 5.32 Å². The van der Waals surface area contributed by atoms with Crippen LogP contribution in [0.3, 0.4) is 0 Å². The van der Waals surface area contributed by atoms with E-state index in [0.29, 0.717) is 6.04 Å². The molecule has 0 fully saturated rings. The number of nitrogens with one attached hydrogen (secondary N) is 1. The number of hydrogen-bond acceptors (Lipinski definition) is 2. The molecule has 0 unspecified atom stereocenters. The molecule has 2 heteroatoms. The molecule has 0 amide bonds. The van der Waals surface area contributed by atoms with Gasteiger partial charge in [0.15, 0.2) is 0 Å². The summed E-state index contributed by atoms with van der Waals surface area (Å²) in [6.45, 7) is 17.5. The Morgan fingerprint density at radius 2 is 1.88 bits per heavy atom. The molecule has 0 aliphatic heterocycles. The van der Waals surface area contributed by atoms with E-state index in [2.05, 4.69) is 44.5 Å². The Kier molecular flexibility index (Phi) is 10.6. The van der Waals surface area contributed by atoms with E-state index in [4.69, 9.17) is 0 Å². The molecule has 0 heterocycles. The highest BCUT2D eigenvalue weighted by Crippen LogP contribution is 2.06. The summed E-state index contributed by atoms with van der Waals surface area (Å²) in [7, 11) is 0. The van der Waals surface area contributed by atoms with Crippen LogP contribution in [0.4, 0.5) is 0 Å². The van der Waals surface area contributed by atoms with Crippen LogP contribution in [0.2, 0.25) is 0 Å². The van der Waals surface area contributed by atoms with Crippen molar-refractivity contribution in [3.05, 3.63) is 12.2 Å². The first-order valence-electron chi connectivity index (χ1n) is 7.23. The van der Waals surface area contributed by atoms with E-state index in [1.807, 2.05) is 0 Å². The van der Waals surface area contributed by atoms with Gasteiger partial charge in [0, 0.05) is 19.1 Å². The molecule has 0 spiro atoms. The molecule has 2 nitrogen and oxygen atoms in total. The first-order valence-corrected chi connectivity index (χ1v) is 7.23. The van der Waals surface area contributed by atoms with Gasteiger partial charge in [0.1, 0.15) is 0 Å². The van der Waals surface area contributed by atoms with Crippen LogP contribution in [-0.4, -0.2) is 37.1 Å². The van der Waals surface area contributed by atoms with Gasteiger partial charge in [-0.1, -0.05) is 33.3 Å². The standard InChI is InChI=1S/C15H32N2/c1-6-8-9-11-17(14(3)4)13-15(5)12-16-10-7-2/h14,16H,5-13H2,1-4H3. The number of nitrogens with zero attached hydrogens (tertiary/aromatic N) is 1. The second-order valence-corrected chi connectivity index (χ2v) is 5.20. The van der Waals surface area contributed by atoms with Gasteiger partial charge in [-0.3, -0.25) is 4.90 Å². The van der Waals surface area contributed by atoms with Gasteiger partial charge in [0.25, 0.3) is 0 Å². The minimum atomic E-state index is 0.620. The zero-order valence-corrected chi connectivity index (χ0v) is 12.4. The highest BCUT2D eigenvalue weighted by molar-refractivity contribution is 5.00. The van der Waals surface area contributed by atoms with Crippen LogP contribution in [0.1, 0.15) is 53.4 Å². The molecule has 0 aromatic heterocycles. The highest BCUT2D eigenvalue weighted by Gasteiger charge is 2.09. The van der Waals surface area contributed by atoms with E-state index in [1.54, 1.807) is 0 Å². The van der Waals surface area contributed by atoms with E-state index in [1.165, 1.54) is 37.8 Å². The molecule has 0 aromatic rings. The van der Waals surface area contributed by atoms with Crippen LogP contribution in [0.15, 0.2) is 12.2 Å². The number of rotatable bonds is 11. The first kappa shape index (κ1) is 16.7. The van der Waals surface area contributed by atoms with Gasteiger partial charge in [-0.25, -0.2) is 0 Å². The topological polar surface area (TPSA) is 15.3 Å². The van der Waals surface area contributed by atoms with Crippen molar-refractivity contribution >= 4 is 0 Å². The maximum absolute atomic E-state index is 4.17. The van der Waals surface area contributed by atoms with Gasteiger partial charge in [0.05, 0.1) is 0 Å². The van der Waals surface area contributed by atoms with Gasteiger partial charge in [-0.05, 0) is 45.4 Å². The van der Waals surface area contributed by atoms with Crippen LogP contribution in [0.5, 0.6) is 0 Å². The lowest BCUT2D eigenvalue weighted by molar-refractivity contribution is 0.234. The maximum atomic E-state index is 4.17. The molecule has 0 atom stereocenters. The SMILES string of the molecule is C=C(CNCCC)CN(CCCCC)C(C)C.